The molecular formula is C57H52Cl2N18O2S. The highest BCUT2D eigenvalue weighted by Crippen LogP contribution is 2.35. The van der Waals surface area contributed by atoms with Gasteiger partial charge in [-0.25, -0.2) is 4.98 Å². The summed E-state index contributed by atoms with van der Waals surface area (Å²) in [7, 11) is 4.24. The van der Waals surface area contributed by atoms with Crippen molar-refractivity contribution in [2.75, 3.05) is 88.2 Å². The molecule has 0 spiro atoms. The van der Waals surface area contributed by atoms with Crippen molar-refractivity contribution in [3.8, 4) is 57.7 Å². The molecule has 0 bridgehead atoms. The zero-order chi connectivity index (χ0) is 55.4. The number of nitrogens with zero attached hydrogens (tertiary/aromatic N) is 15. The maximum absolute atomic E-state index is 10.3. The summed E-state index contributed by atoms with van der Waals surface area (Å²) in [6.07, 6.45) is 8.57. The molecule has 6 aromatic heterocycles. The third-order valence-electron chi connectivity index (χ3n) is 12.7. The van der Waals surface area contributed by atoms with Crippen LogP contribution in [-0.4, -0.2) is 132 Å². The average Bonchev–Trinajstić information content (AvgIpc) is 4.14. The highest BCUT2D eigenvalue weighted by atomic mass is 35.5. The van der Waals surface area contributed by atoms with E-state index in [1.807, 2.05) is 85.1 Å². The van der Waals surface area contributed by atoms with E-state index in [-0.39, 0.29) is 0 Å². The van der Waals surface area contributed by atoms with Crippen LogP contribution >= 0.6 is 35.0 Å². The van der Waals surface area contributed by atoms with E-state index in [1.165, 1.54) is 24.9 Å². The molecular weight excluding hydrogens is 1070 g/mol. The fraction of sp³-hybridized carbons (Fsp3) is 0.193. The van der Waals surface area contributed by atoms with Gasteiger partial charge in [-0.3, -0.25) is 9.97 Å². The Kier molecular flexibility index (Phi) is 17.5. The van der Waals surface area contributed by atoms with Crippen LogP contribution in [0.4, 0.5) is 29.1 Å². The van der Waals surface area contributed by atoms with Crippen LogP contribution in [0.5, 0.6) is 23.0 Å². The first-order valence-corrected chi connectivity index (χ1v) is 27.3. The Balaban J connectivity index is 0.000000161. The molecule has 0 amide bonds. The van der Waals surface area contributed by atoms with Gasteiger partial charge in [0.2, 0.25) is 11.9 Å². The molecule has 2 saturated heterocycles. The van der Waals surface area contributed by atoms with Crippen LogP contribution in [0.25, 0.3) is 34.1 Å². The Morgan fingerprint density at radius 1 is 0.550 bits per heavy atom. The maximum Gasteiger partial charge on any atom is 0.256 e. The van der Waals surface area contributed by atoms with E-state index in [4.69, 9.17) is 37.7 Å². The molecule has 0 unspecified atom stereocenters. The summed E-state index contributed by atoms with van der Waals surface area (Å²) in [4.78, 5) is 33.2. The van der Waals surface area contributed by atoms with Gasteiger partial charge in [0.1, 0.15) is 51.3 Å². The molecule has 10 aromatic rings. The monoisotopic (exact) mass is 1120 g/mol. The van der Waals surface area contributed by atoms with Gasteiger partial charge in [0.25, 0.3) is 11.6 Å². The minimum Gasteiger partial charge on any atom is -0.457 e. The molecule has 80 heavy (non-hydrogen) atoms. The van der Waals surface area contributed by atoms with Crippen LogP contribution in [0.3, 0.4) is 0 Å². The number of benzene rings is 4. The molecule has 0 saturated carbocycles. The van der Waals surface area contributed by atoms with Gasteiger partial charge in [0, 0.05) is 110 Å². The molecule has 2 fully saturated rings. The number of aromatic nitrogens is 10. The number of hydrogen-bond acceptors (Lipinski definition) is 19. The second-order valence-corrected chi connectivity index (χ2v) is 19.9. The van der Waals surface area contributed by atoms with Gasteiger partial charge in [-0.15, -0.1) is 22.0 Å². The lowest BCUT2D eigenvalue weighted by molar-refractivity contribution is 0.291. The molecule has 2 aliphatic rings. The zero-order valence-electron chi connectivity index (χ0n) is 43.7. The molecule has 2 aliphatic heterocycles. The summed E-state index contributed by atoms with van der Waals surface area (Å²) < 4.78 is 14.8. The number of thioether (sulfide) groups is 1. The van der Waals surface area contributed by atoms with Crippen molar-refractivity contribution in [3.63, 3.8) is 0 Å². The van der Waals surface area contributed by atoms with Crippen molar-refractivity contribution in [3.05, 3.63) is 167 Å². The summed E-state index contributed by atoms with van der Waals surface area (Å²) >= 11 is 13.9. The van der Waals surface area contributed by atoms with Gasteiger partial charge in [-0.1, -0.05) is 47.5 Å². The van der Waals surface area contributed by atoms with Gasteiger partial charge >= 0.3 is 0 Å². The number of halogens is 2. The van der Waals surface area contributed by atoms with E-state index in [2.05, 4.69) is 92.0 Å². The van der Waals surface area contributed by atoms with Crippen LogP contribution in [0.1, 0.15) is 11.1 Å². The number of rotatable bonds is 12. The summed E-state index contributed by atoms with van der Waals surface area (Å²) in [6, 6.07) is 41.3. The number of likely N-dealkylation sites (N-methyl/N-ethyl adjacent to an activating group) is 2. The summed E-state index contributed by atoms with van der Waals surface area (Å²) in [6.45, 7) is 8.02. The first kappa shape index (κ1) is 54.4. The number of fused-ring (bicyclic) bond motifs is 2. The molecule has 3 N–H and O–H groups in total. The van der Waals surface area contributed by atoms with Crippen LogP contribution in [0.15, 0.2) is 151 Å². The second kappa shape index (κ2) is 25.7. The number of nitrogens with one attached hydrogen (secondary N) is 3. The van der Waals surface area contributed by atoms with E-state index in [9.17, 15) is 10.5 Å². The van der Waals surface area contributed by atoms with Gasteiger partial charge in [0.05, 0.1) is 11.4 Å². The Bertz CT molecular complexity index is 3810. The maximum atomic E-state index is 10.3. The number of hydrogen-bond donors (Lipinski definition) is 3. The smallest absolute Gasteiger partial charge is 0.256 e. The number of pyridine rings is 2. The third kappa shape index (κ3) is 13.3. The molecule has 12 rings (SSSR count). The topological polar surface area (TPSA) is 224 Å². The molecule has 0 atom stereocenters. The summed E-state index contributed by atoms with van der Waals surface area (Å²) in [5.74, 6) is 4.85. The lowest BCUT2D eigenvalue weighted by Crippen LogP contribution is -2.45. The van der Waals surface area contributed by atoms with Crippen molar-refractivity contribution >= 4 is 75.6 Å². The quantitative estimate of drug-likeness (QED) is 0.0764. The Labute approximate surface area is 475 Å². The largest absolute Gasteiger partial charge is 0.457 e. The van der Waals surface area contributed by atoms with Crippen molar-refractivity contribution in [2.24, 2.45) is 0 Å². The summed E-state index contributed by atoms with van der Waals surface area (Å²) in [5, 5.41) is 40.8. The second-order valence-electron chi connectivity index (χ2n) is 18.3. The highest BCUT2D eigenvalue weighted by molar-refractivity contribution is 7.98. The minimum absolute atomic E-state index is 0.348. The van der Waals surface area contributed by atoms with Crippen molar-refractivity contribution in [1.82, 2.24) is 64.2 Å². The molecule has 8 heterocycles. The minimum atomic E-state index is 0.348. The van der Waals surface area contributed by atoms with Crippen molar-refractivity contribution < 1.29 is 9.47 Å². The van der Waals surface area contributed by atoms with E-state index in [0.717, 1.165) is 61.8 Å². The zero-order valence-corrected chi connectivity index (χ0v) is 46.0. The normalized spacial score (nSPS) is 13.5. The fourth-order valence-corrected chi connectivity index (χ4v) is 9.51. The van der Waals surface area contributed by atoms with Crippen LogP contribution in [-0.2, 0) is 0 Å². The Hall–Kier alpha value is -8.93. The Morgan fingerprint density at radius 3 is 1.44 bits per heavy atom. The molecule has 20 nitrogen and oxygen atoms in total. The van der Waals surface area contributed by atoms with Gasteiger partial charge in [-0.05, 0) is 117 Å². The molecule has 0 radical (unpaired) electrons. The third-order valence-corrected chi connectivity index (χ3v) is 13.8. The molecule has 23 heteroatoms. The average molecular weight is 1120 g/mol. The SMILES string of the molecule is CN1CCN(c2nc3nc(Nc4ccc(Oc5ccncc5)cc4)nn3c(-c3cccc(Cl)c3)c2C#N)CC1.CN1CCNCC1.CSc1nc2nc(Nc3ccc(Oc4ccncc4)cc3)nn2c(-c2cccc(Cl)c2)c1C#N. The predicted octanol–water partition coefficient (Wildman–Crippen LogP) is 10.5. The van der Waals surface area contributed by atoms with Crippen molar-refractivity contribution in [1.29, 1.82) is 10.5 Å². The standard InChI is InChI=1S/C28H24ClN9O.C24H16ClN7OS.C5H12N2/c1-36-13-15-37(16-14-36)26-24(18-30)25(19-3-2-4-20(29)17-19)38-28(33-26)34-27(35-38)32-21-5-7-22(8-6-21)39-23-9-11-31-12-10-23;1-34-22-20(14-26)21(15-3-2-4-16(25)13-15)32-24(29-22)30-23(31-32)28-17-5-7-18(8-6-17)33-19-9-11-27-12-10-19;1-7-4-2-6-3-5-7/h2-12,17H,13-16H2,1H3,(H,32,35);2-13H,1H3,(H,28,31);6H,2-5H2,1H3. The highest BCUT2D eigenvalue weighted by Gasteiger charge is 2.26. The van der Waals surface area contributed by atoms with Gasteiger partial charge in [-0.2, -0.15) is 34.5 Å². The van der Waals surface area contributed by atoms with Crippen LogP contribution in [0.2, 0.25) is 10.0 Å². The number of nitriles is 2. The number of ether oxygens (including phenoxy) is 2. The Morgan fingerprint density at radius 2 is 1.00 bits per heavy atom. The van der Waals surface area contributed by atoms with E-state index in [0.29, 0.717) is 89.9 Å². The lowest BCUT2D eigenvalue weighted by Gasteiger charge is -2.33. The molecule has 0 aliphatic carbocycles. The van der Waals surface area contributed by atoms with E-state index >= 15 is 0 Å². The van der Waals surface area contributed by atoms with Crippen LogP contribution < -0.4 is 30.3 Å². The van der Waals surface area contributed by atoms with Crippen LogP contribution in [0, 0.1) is 22.7 Å². The first-order chi connectivity index (χ1) is 39.1. The predicted molar refractivity (Wildman–Crippen MR) is 312 cm³/mol. The number of anilines is 5. The molecule has 402 valence electrons. The van der Waals surface area contributed by atoms with Gasteiger partial charge in [0.15, 0.2) is 5.82 Å². The van der Waals surface area contributed by atoms with E-state index < -0.39 is 0 Å². The lowest BCUT2D eigenvalue weighted by atomic mass is 10.1. The molecule has 4 aromatic carbocycles. The van der Waals surface area contributed by atoms with Gasteiger partial charge < -0.3 is 40.1 Å². The number of piperazine rings is 2. The fourth-order valence-electron chi connectivity index (χ4n) is 8.61. The summed E-state index contributed by atoms with van der Waals surface area (Å²) in [5.41, 5.74) is 5.09. The first-order valence-electron chi connectivity index (χ1n) is 25.3. The van der Waals surface area contributed by atoms with E-state index in [1.54, 1.807) is 76.3 Å². The van der Waals surface area contributed by atoms with Crippen molar-refractivity contribution in [2.45, 2.75) is 5.03 Å².